The Morgan fingerprint density at radius 2 is 2.14 bits per heavy atom. The Labute approximate surface area is 126 Å². The monoisotopic (exact) mass is 296 g/mol. The molecule has 0 aliphatic rings. The van der Waals surface area contributed by atoms with E-state index >= 15 is 0 Å². The van der Waals surface area contributed by atoms with Gasteiger partial charge in [0.05, 0.1) is 5.52 Å². The average molecular weight is 296 g/mol. The zero-order valence-corrected chi connectivity index (χ0v) is 12.1. The summed E-state index contributed by atoms with van der Waals surface area (Å²) in [5.74, 6) is -0.826. The Kier molecular flexibility index (Phi) is 3.50. The van der Waals surface area contributed by atoms with Crippen LogP contribution in [0.25, 0.3) is 10.9 Å². The molecule has 1 atom stereocenters. The number of hydrogen-bond donors (Lipinski definition) is 3. The van der Waals surface area contributed by atoms with E-state index in [4.69, 9.17) is 5.73 Å². The van der Waals surface area contributed by atoms with Crippen LogP contribution in [0.15, 0.2) is 41.3 Å². The molecule has 6 nitrogen and oxygen atoms in total. The number of nitrogens with zero attached hydrogens (tertiary/aromatic N) is 1. The summed E-state index contributed by atoms with van der Waals surface area (Å²) < 4.78 is 0. The zero-order valence-electron chi connectivity index (χ0n) is 12.1. The highest BCUT2D eigenvalue weighted by Gasteiger charge is 2.23. The second-order valence-electron chi connectivity index (χ2n) is 5.30. The number of primary amides is 1. The Morgan fingerprint density at radius 3 is 2.82 bits per heavy atom. The van der Waals surface area contributed by atoms with Crippen molar-refractivity contribution >= 4 is 16.8 Å². The van der Waals surface area contributed by atoms with Crippen molar-refractivity contribution in [2.24, 2.45) is 5.73 Å². The van der Waals surface area contributed by atoms with E-state index in [0.29, 0.717) is 11.3 Å². The fraction of sp³-hybridized carbons (Fsp3) is 0.188. The van der Waals surface area contributed by atoms with Crippen molar-refractivity contribution in [2.75, 3.05) is 0 Å². The quantitative estimate of drug-likeness (QED) is 0.680. The van der Waals surface area contributed by atoms with E-state index in [2.05, 4.69) is 15.2 Å². The maximum atomic E-state index is 12.0. The third kappa shape index (κ3) is 2.50. The molecule has 0 aliphatic carbocycles. The zero-order chi connectivity index (χ0) is 15.7. The molecular weight excluding hydrogens is 280 g/mol. The largest absolute Gasteiger partial charge is 0.370 e. The van der Waals surface area contributed by atoms with Crippen molar-refractivity contribution in [3.05, 3.63) is 63.7 Å². The van der Waals surface area contributed by atoms with E-state index in [-0.39, 0.29) is 17.9 Å². The summed E-state index contributed by atoms with van der Waals surface area (Å²) >= 11 is 0. The van der Waals surface area contributed by atoms with Gasteiger partial charge in [0.2, 0.25) is 5.91 Å². The van der Waals surface area contributed by atoms with Crippen LogP contribution in [0.3, 0.4) is 0 Å². The number of H-pyrrole nitrogens is 2. The molecular formula is C16H16N4O2. The van der Waals surface area contributed by atoms with Crippen LogP contribution < -0.4 is 11.3 Å². The number of nitrogens with one attached hydrogen (secondary N) is 2. The van der Waals surface area contributed by atoms with E-state index in [9.17, 15) is 9.59 Å². The number of hydrogen-bond acceptors (Lipinski definition) is 3. The molecule has 3 aromatic rings. The first kappa shape index (κ1) is 14.1. The number of fused-ring (bicyclic) bond motifs is 1. The molecule has 0 radical (unpaired) electrons. The first-order chi connectivity index (χ1) is 10.6. The molecule has 0 aliphatic heterocycles. The first-order valence-corrected chi connectivity index (χ1v) is 6.96. The van der Waals surface area contributed by atoms with Gasteiger partial charge in [-0.25, -0.2) is 0 Å². The van der Waals surface area contributed by atoms with Crippen LogP contribution in [0.5, 0.6) is 0 Å². The standard InChI is InChI=1S/C16H16N4O2/c1-9-15(16(22)20-19-9)12(8-14(17)21)10-4-5-13-11(7-10)3-2-6-18-13/h2-7,12H,8H2,1H3,(H2,17,21)(H2,19,20,22)/t12-/m1/s1. The number of rotatable bonds is 4. The number of pyridine rings is 1. The lowest BCUT2D eigenvalue weighted by Gasteiger charge is -2.15. The van der Waals surface area contributed by atoms with Crippen molar-refractivity contribution in [1.29, 1.82) is 0 Å². The Hall–Kier alpha value is -2.89. The van der Waals surface area contributed by atoms with E-state index < -0.39 is 5.91 Å². The summed E-state index contributed by atoms with van der Waals surface area (Å²) in [4.78, 5) is 27.8. The van der Waals surface area contributed by atoms with E-state index in [1.807, 2.05) is 30.3 Å². The summed E-state index contributed by atoms with van der Waals surface area (Å²) in [6.07, 6.45) is 1.80. The van der Waals surface area contributed by atoms with Crippen molar-refractivity contribution in [3.63, 3.8) is 0 Å². The summed E-state index contributed by atoms with van der Waals surface area (Å²) in [6, 6.07) is 9.51. The molecule has 0 saturated carbocycles. The van der Waals surface area contributed by atoms with Crippen LogP contribution in [-0.4, -0.2) is 21.1 Å². The molecule has 6 heteroatoms. The molecule has 4 N–H and O–H groups in total. The third-order valence-corrected chi connectivity index (χ3v) is 3.80. The van der Waals surface area contributed by atoms with Gasteiger partial charge in [-0.05, 0) is 30.7 Å². The number of carbonyl (C=O) groups excluding carboxylic acids is 1. The van der Waals surface area contributed by atoms with Crippen molar-refractivity contribution in [3.8, 4) is 0 Å². The van der Waals surface area contributed by atoms with E-state index in [1.54, 1.807) is 13.1 Å². The molecule has 0 unspecified atom stereocenters. The smallest absolute Gasteiger partial charge is 0.267 e. The summed E-state index contributed by atoms with van der Waals surface area (Å²) in [5, 5.41) is 6.31. The van der Waals surface area contributed by atoms with Gasteiger partial charge in [-0.15, -0.1) is 0 Å². The minimum absolute atomic E-state index is 0.0769. The van der Waals surface area contributed by atoms with Crippen LogP contribution in [0.1, 0.15) is 29.2 Å². The number of amides is 1. The summed E-state index contributed by atoms with van der Waals surface area (Å²) in [7, 11) is 0. The van der Waals surface area contributed by atoms with Gasteiger partial charge >= 0.3 is 0 Å². The number of nitrogens with two attached hydrogens (primary N) is 1. The maximum Gasteiger partial charge on any atom is 0.267 e. The fourth-order valence-corrected chi connectivity index (χ4v) is 2.77. The Balaban J connectivity index is 2.15. The van der Waals surface area contributed by atoms with Crippen LogP contribution >= 0.6 is 0 Å². The first-order valence-electron chi connectivity index (χ1n) is 6.96. The number of aromatic nitrogens is 3. The molecule has 0 bridgehead atoms. The molecule has 3 rings (SSSR count). The second kappa shape index (κ2) is 5.48. The number of benzene rings is 1. The Bertz CT molecular complexity index is 894. The molecule has 2 heterocycles. The van der Waals surface area contributed by atoms with Crippen LogP contribution in [0.2, 0.25) is 0 Å². The molecule has 1 aromatic carbocycles. The minimum Gasteiger partial charge on any atom is -0.370 e. The van der Waals surface area contributed by atoms with Gasteiger partial charge in [0.25, 0.3) is 5.56 Å². The number of carbonyl (C=O) groups is 1. The Morgan fingerprint density at radius 1 is 1.32 bits per heavy atom. The van der Waals surface area contributed by atoms with Crippen LogP contribution in [0, 0.1) is 6.92 Å². The van der Waals surface area contributed by atoms with E-state index in [0.717, 1.165) is 16.5 Å². The van der Waals surface area contributed by atoms with Crippen molar-refractivity contribution in [1.82, 2.24) is 15.2 Å². The van der Waals surface area contributed by atoms with E-state index in [1.165, 1.54) is 0 Å². The lowest BCUT2D eigenvalue weighted by molar-refractivity contribution is -0.118. The van der Waals surface area contributed by atoms with Crippen molar-refractivity contribution in [2.45, 2.75) is 19.3 Å². The van der Waals surface area contributed by atoms with Gasteiger partial charge < -0.3 is 10.8 Å². The van der Waals surface area contributed by atoms with Crippen LogP contribution in [0.4, 0.5) is 0 Å². The minimum atomic E-state index is -0.448. The second-order valence-corrected chi connectivity index (χ2v) is 5.30. The summed E-state index contributed by atoms with van der Waals surface area (Å²) in [6.45, 7) is 1.80. The van der Waals surface area contributed by atoms with Gasteiger partial charge in [0.15, 0.2) is 0 Å². The fourth-order valence-electron chi connectivity index (χ4n) is 2.77. The molecule has 1 amide bonds. The molecule has 0 fully saturated rings. The molecule has 22 heavy (non-hydrogen) atoms. The maximum absolute atomic E-state index is 12.0. The predicted octanol–water partition coefficient (Wildman–Crippen LogP) is 1.57. The lowest BCUT2D eigenvalue weighted by atomic mass is 9.88. The summed E-state index contributed by atoms with van der Waals surface area (Å²) in [5.41, 5.74) is 8.14. The molecule has 112 valence electrons. The number of aryl methyl sites for hydroxylation is 1. The molecule has 0 saturated heterocycles. The highest BCUT2D eigenvalue weighted by molar-refractivity contribution is 5.80. The highest BCUT2D eigenvalue weighted by Crippen LogP contribution is 2.29. The van der Waals surface area contributed by atoms with Crippen molar-refractivity contribution < 1.29 is 4.79 Å². The molecule has 0 spiro atoms. The van der Waals surface area contributed by atoms with Crippen LogP contribution in [-0.2, 0) is 4.79 Å². The predicted molar refractivity (Wildman–Crippen MR) is 83.5 cm³/mol. The topological polar surface area (TPSA) is 105 Å². The van der Waals surface area contributed by atoms with Gasteiger partial charge in [-0.2, -0.15) is 0 Å². The number of aromatic amines is 2. The van der Waals surface area contributed by atoms with Gasteiger partial charge in [0, 0.05) is 35.2 Å². The molecule has 2 aromatic heterocycles. The lowest BCUT2D eigenvalue weighted by Crippen LogP contribution is -2.20. The van der Waals surface area contributed by atoms with Gasteiger partial charge in [-0.1, -0.05) is 12.1 Å². The van der Waals surface area contributed by atoms with Gasteiger partial charge in [-0.3, -0.25) is 19.7 Å². The normalized spacial score (nSPS) is 12.4. The highest BCUT2D eigenvalue weighted by atomic mass is 16.1. The third-order valence-electron chi connectivity index (χ3n) is 3.80. The van der Waals surface area contributed by atoms with Gasteiger partial charge in [0.1, 0.15) is 0 Å². The SMILES string of the molecule is Cc1[nH][nH]c(=O)c1[C@H](CC(N)=O)c1ccc2ncccc2c1. The average Bonchev–Trinajstić information content (AvgIpc) is 2.83.